The van der Waals surface area contributed by atoms with Crippen LogP contribution in [0.4, 0.5) is 10.5 Å². The minimum Gasteiger partial charge on any atom is -0.444 e. The van der Waals surface area contributed by atoms with Crippen molar-refractivity contribution < 1.29 is 9.53 Å². The first-order valence-electron chi connectivity index (χ1n) is 8.10. The molecule has 0 aliphatic carbocycles. The van der Waals surface area contributed by atoms with Crippen molar-refractivity contribution >= 4 is 34.3 Å². The number of rotatable bonds is 2. The third-order valence-corrected chi connectivity index (χ3v) is 4.10. The number of likely N-dealkylation sites (tertiary alicyclic amines) is 1. The maximum atomic E-state index is 12.2. The number of hydrogen-bond acceptors (Lipinski definition) is 4. The van der Waals surface area contributed by atoms with Crippen molar-refractivity contribution in [2.45, 2.75) is 38.8 Å². The van der Waals surface area contributed by atoms with E-state index < -0.39 is 5.60 Å². The molecule has 2 heterocycles. The van der Waals surface area contributed by atoms with Crippen LogP contribution in [0.25, 0.3) is 10.9 Å². The number of benzene rings is 1. The molecular weight excluding hydrogens is 326 g/mol. The standard InChI is InChI=1S/C18H22ClN3O2/c1-18(2,3)24-17(23)22-8-7-13(11-22)21-16-6-4-5-15-14(16)9-12(19)10-20-15/h4-6,9-10,13,21H,7-8,11H2,1-3H3/t13-/m1/s1. The highest BCUT2D eigenvalue weighted by atomic mass is 35.5. The largest absolute Gasteiger partial charge is 0.444 e. The molecule has 128 valence electrons. The van der Waals surface area contributed by atoms with Gasteiger partial charge >= 0.3 is 6.09 Å². The average Bonchev–Trinajstić information content (AvgIpc) is 2.95. The molecule has 3 rings (SSSR count). The minimum absolute atomic E-state index is 0.182. The maximum absolute atomic E-state index is 12.2. The first-order valence-corrected chi connectivity index (χ1v) is 8.48. The van der Waals surface area contributed by atoms with Gasteiger partial charge in [0, 0.05) is 36.4 Å². The van der Waals surface area contributed by atoms with Gasteiger partial charge in [-0.1, -0.05) is 17.7 Å². The van der Waals surface area contributed by atoms with Gasteiger partial charge in [0.2, 0.25) is 0 Å². The van der Waals surface area contributed by atoms with Gasteiger partial charge in [-0.25, -0.2) is 4.79 Å². The predicted molar refractivity (Wildman–Crippen MR) is 96.6 cm³/mol. The molecule has 1 aromatic carbocycles. The Morgan fingerprint density at radius 2 is 2.21 bits per heavy atom. The number of aromatic nitrogens is 1. The van der Waals surface area contributed by atoms with Crippen molar-refractivity contribution in [3.05, 3.63) is 35.5 Å². The second kappa shape index (κ2) is 6.48. The normalized spacial score (nSPS) is 18.0. The fraction of sp³-hybridized carbons (Fsp3) is 0.444. The van der Waals surface area contributed by atoms with Gasteiger partial charge in [0.05, 0.1) is 10.5 Å². The second-order valence-electron chi connectivity index (χ2n) is 7.08. The number of carbonyl (C=O) groups excluding carboxylic acids is 1. The lowest BCUT2D eigenvalue weighted by atomic mass is 10.1. The van der Waals surface area contributed by atoms with E-state index in [9.17, 15) is 4.79 Å². The lowest BCUT2D eigenvalue weighted by Crippen LogP contribution is -2.36. The highest BCUT2D eigenvalue weighted by Crippen LogP contribution is 2.27. The molecule has 0 bridgehead atoms. The molecule has 1 aromatic heterocycles. The molecule has 24 heavy (non-hydrogen) atoms. The molecule has 1 atom stereocenters. The van der Waals surface area contributed by atoms with Gasteiger partial charge in [-0.05, 0) is 45.4 Å². The molecule has 2 aromatic rings. The predicted octanol–water partition coefficient (Wildman–Crippen LogP) is 4.31. The van der Waals surface area contributed by atoms with Crippen LogP contribution < -0.4 is 5.32 Å². The molecule has 1 aliphatic heterocycles. The molecule has 1 aliphatic rings. The number of ether oxygens (including phenoxy) is 1. The maximum Gasteiger partial charge on any atom is 0.410 e. The summed E-state index contributed by atoms with van der Waals surface area (Å²) >= 11 is 6.07. The Morgan fingerprint density at radius 3 is 2.96 bits per heavy atom. The van der Waals surface area contributed by atoms with Crippen LogP contribution in [-0.2, 0) is 4.74 Å². The second-order valence-corrected chi connectivity index (χ2v) is 7.52. The number of fused-ring (bicyclic) bond motifs is 1. The highest BCUT2D eigenvalue weighted by Gasteiger charge is 2.29. The molecule has 6 heteroatoms. The number of carbonyl (C=O) groups is 1. The van der Waals surface area contributed by atoms with Crippen LogP contribution in [-0.4, -0.2) is 40.7 Å². The summed E-state index contributed by atoms with van der Waals surface area (Å²) in [4.78, 5) is 18.3. The quantitative estimate of drug-likeness (QED) is 0.879. The first-order chi connectivity index (χ1) is 11.3. The van der Waals surface area contributed by atoms with Gasteiger partial charge in [-0.2, -0.15) is 0 Å². The van der Waals surface area contributed by atoms with Crippen molar-refractivity contribution in [3.8, 4) is 0 Å². The van der Waals surface area contributed by atoms with Crippen molar-refractivity contribution in [3.63, 3.8) is 0 Å². The summed E-state index contributed by atoms with van der Waals surface area (Å²) in [7, 11) is 0. The van der Waals surface area contributed by atoms with E-state index in [0.717, 1.165) is 23.0 Å². The van der Waals surface area contributed by atoms with Crippen molar-refractivity contribution in [2.24, 2.45) is 0 Å². The van der Waals surface area contributed by atoms with E-state index in [0.29, 0.717) is 18.1 Å². The van der Waals surface area contributed by atoms with Gasteiger partial charge < -0.3 is 15.0 Å². The molecule has 1 amide bonds. The summed E-state index contributed by atoms with van der Waals surface area (Å²) in [5, 5.41) is 5.11. The Hall–Kier alpha value is -2.01. The van der Waals surface area contributed by atoms with E-state index in [1.165, 1.54) is 0 Å². The molecule has 1 N–H and O–H groups in total. The number of hydrogen-bond donors (Lipinski definition) is 1. The fourth-order valence-electron chi connectivity index (χ4n) is 2.84. The topological polar surface area (TPSA) is 54.5 Å². The Morgan fingerprint density at radius 1 is 1.42 bits per heavy atom. The molecule has 0 unspecified atom stereocenters. The van der Waals surface area contributed by atoms with Crippen LogP contribution in [0.5, 0.6) is 0 Å². The number of amides is 1. The summed E-state index contributed by atoms with van der Waals surface area (Å²) in [6, 6.07) is 8.02. The van der Waals surface area contributed by atoms with E-state index in [1.54, 1.807) is 11.1 Å². The molecule has 1 saturated heterocycles. The number of nitrogens with zero attached hydrogens (tertiary/aromatic N) is 2. The zero-order valence-electron chi connectivity index (χ0n) is 14.2. The summed E-state index contributed by atoms with van der Waals surface area (Å²) in [5.41, 5.74) is 1.41. The molecule has 1 fully saturated rings. The molecule has 0 radical (unpaired) electrons. The monoisotopic (exact) mass is 347 g/mol. The van der Waals surface area contributed by atoms with E-state index in [-0.39, 0.29) is 12.1 Å². The van der Waals surface area contributed by atoms with E-state index in [4.69, 9.17) is 16.3 Å². The van der Waals surface area contributed by atoms with Crippen molar-refractivity contribution in [1.82, 2.24) is 9.88 Å². The van der Waals surface area contributed by atoms with Crippen molar-refractivity contribution in [1.29, 1.82) is 0 Å². The zero-order chi connectivity index (χ0) is 17.3. The molecule has 5 nitrogen and oxygen atoms in total. The Kier molecular flexibility index (Phi) is 4.54. The number of pyridine rings is 1. The minimum atomic E-state index is -0.472. The summed E-state index contributed by atoms with van der Waals surface area (Å²) in [6.45, 7) is 6.95. The van der Waals surface area contributed by atoms with Crippen LogP contribution in [0.2, 0.25) is 5.02 Å². The Balaban J connectivity index is 1.70. The zero-order valence-corrected chi connectivity index (χ0v) is 14.9. The molecular formula is C18H22ClN3O2. The van der Waals surface area contributed by atoms with Gasteiger partial charge in [-0.3, -0.25) is 4.98 Å². The van der Waals surface area contributed by atoms with Crippen molar-refractivity contribution in [2.75, 3.05) is 18.4 Å². The molecule has 0 saturated carbocycles. The van der Waals surface area contributed by atoms with Gasteiger partial charge in [-0.15, -0.1) is 0 Å². The lowest BCUT2D eigenvalue weighted by molar-refractivity contribution is 0.0293. The first kappa shape index (κ1) is 16.8. The molecule has 0 spiro atoms. The Labute approximate surface area is 146 Å². The highest BCUT2D eigenvalue weighted by molar-refractivity contribution is 6.31. The SMILES string of the molecule is CC(C)(C)OC(=O)N1CC[C@@H](Nc2cccc3ncc(Cl)cc23)C1. The smallest absolute Gasteiger partial charge is 0.410 e. The number of halogens is 1. The van der Waals surface area contributed by atoms with Crippen LogP contribution in [0.3, 0.4) is 0 Å². The van der Waals surface area contributed by atoms with E-state index in [2.05, 4.69) is 10.3 Å². The lowest BCUT2D eigenvalue weighted by Gasteiger charge is -2.24. The van der Waals surface area contributed by atoms with Crippen LogP contribution in [0, 0.1) is 0 Å². The average molecular weight is 348 g/mol. The van der Waals surface area contributed by atoms with Crippen LogP contribution >= 0.6 is 11.6 Å². The van der Waals surface area contributed by atoms with Gasteiger partial charge in [0.15, 0.2) is 0 Å². The third-order valence-electron chi connectivity index (χ3n) is 3.89. The van der Waals surface area contributed by atoms with E-state index in [1.807, 2.05) is 45.0 Å². The van der Waals surface area contributed by atoms with Gasteiger partial charge in [0.1, 0.15) is 5.60 Å². The van der Waals surface area contributed by atoms with E-state index >= 15 is 0 Å². The van der Waals surface area contributed by atoms with Gasteiger partial charge in [0.25, 0.3) is 0 Å². The summed E-state index contributed by atoms with van der Waals surface area (Å²) in [5.74, 6) is 0. The Bertz CT molecular complexity index is 758. The summed E-state index contributed by atoms with van der Waals surface area (Å²) in [6.07, 6.45) is 2.27. The fourth-order valence-corrected chi connectivity index (χ4v) is 3.00. The van der Waals surface area contributed by atoms with Crippen LogP contribution in [0.15, 0.2) is 30.5 Å². The number of anilines is 1. The summed E-state index contributed by atoms with van der Waals surface area (Å²) < 4.78 is 5.44. The van der Waals surface area contributed by atoms with Crippen LogP contribution in [0.1, 0.15) is 27.2 Å². The number of nitrogens with one attached hydrogen (secondary N) is 1. The third kappa shape index (κ3) is 3.90.